The van der Waals surface area contributed by atoms with Gasteiger partial charge in [-0.2, -0.15) is 0 Å². The van der Waals surface area contributed by atoms with Crippen molar-refractivity contribution in [3.05, 3.63) is 42.0 Å². The Morgan fingerprint density at radius 3 is 2.62 bits per heavy atom. The van der Waals surface area contributed by atoms with Crippen molar-refractivity contribution in [3.63, 3.8) is 0 Å². The second-order valence-corrected chi connectivity index (χ2v) is 8.05. The first-order valence-electron chi connectivity index (χ1n) is 8.30. The minimum atomic E-state index is -3.68. The van der Waals surface area contributed by atoms with Crippen LogP contribution in [0.5, 0.6) is 0 Å². The highest BCUT2D eigenvalue weighted by Gasteiger charge is 2.30. The van der Waals surface area contributed by atoms with Crippen molar-refractivity contribution in [2.75, 3.05) is 26.0 Å². The molecule has 7 nitrogen and oxygen atoms in total. The van der Waals surface area contributed by atoms with Gasteiger partial charge in [0.05, 0.1) is 18.0 Å². The third kappa shape index (κ3) is 5.32. The molecular formula is C18H23NO6S. The van der Waals surface area contributed by atoms with E-state index in [1.54, 1.807) is 29.2 Å². The first-order valence-corrected chi connectivity index (χ1v) is 9.95. The third-order valence-corrected chi connectivity index (χ3v) is 5.75. The lowest BCUT2D eigenvalue weighted by Gasteiger charge is -2.22. The van der Waals surface area contributed by atoms with Gasteiger partial charge < -0.3 is 14.4 Å². The van der Waals surface area contributed by atoms with E-state index in [1.165, 1.54) is 19.2 Å². The maximum atomic E-state index is 12.5. The summed E-state index contributed by atoms with van der Waals surface area (Å²) in [5, 5.41) is 0. The summed E-state index contributed by atoms with van der Waals surface area (Å²) in [6.07, 6.45) is 4.14. The number of benzene rings is 1. The molecule has 0 aliphatic carbocycles. The highest BCUT2D eigenvalue weighted by atomic mass is 32.2. The number of hydrogen-bond donors (Lipinski definition) is 0. The molecule has 0 N–H and O–H groups in total. The second-order valence-electron chi connectivity index (χ2n) is 6.06. The van der Waals surface area contributed by atoms with Crippen LogP contribution in [0.15, 0.2) is 41.3 Å². The molecule has 0 unspecified atom stereocenters. The Bertz CT molecular complexity index is 769. The minimum Gasteiger partial charge on any atom is -0.438 e. The van der Waals surface area contributed by atoms with Gasteiger partial charge in [0, 0.05) is 6.54 Å². The van der Waals surface area contributed by atoms with E-state index in [4.69, 9.17) is 4.74 Å². The van der Waals surface area contributed by atoms with Crippen LogP contribution in [0, 0.1) is 6.92 Å². The fourth-order valence-corrected chi connectivity index (χ4v) is 3.97. The first-order chi connectivity index (χ1) is 12.3. The number of carbonyl (C=O) groups excluding carboxylic acids is 2. The van der Waals surface area contributed by atoms with Gasteiger partial charge in [-0.25, -0.2) is 13.2 Å². The summed E-state index contributed by atoms with van der Waals surface area (Å²) in [4.78, 5) is 25.1. The average Bonchev–Trinajstić information content (AvgIpc) is 3.07. The molecule has 1 saturated heterocycles. The molecular weight excluding hydrogens is 358 g/mol. The number of aryl methyl sites for hydroxylation is 1. The number of sulfone groups is 1. The summed E-state index contributed by atoms with van der Waals surface area (Å²) in [5.74, 6) is -0.981. The van der Waals surface area contributed by atoms with Gasteiger partial charge in [-0.05, 0) is 38.0 Å². The van der Waals surface area contributed by atoms with Crippen molar-refractivity contribution in [1.29, 1.82) is 0 Å². The van der Waals surface area contributed by atoms with Crippen LogP contribution >= 0.6 is 0 Å². The Morgan fingerprint density at radius 1 is 1.27 bits per heavy atom. The van der Waals surface area contributed by atoms with Crippen molar-refractivity contribution in [1.82, 2.24) is 4.90 Å². The van der Waals surface area contributed by atoms with Gasteiger partial charge in [-0.1, -0.05) is 23.8 Å². The van der Waals surface area contributed by atoms with E-state index >= 15 is 0 Å². The van der Waals surface area contributed by atoms with Crippen LogP contribution in [0.3, 0.4) is 0 Å². The molecule has 1 aliphatic rings. The molecule has 0 radical (unpaired) electrons. The van der Waals surface area contributed by atoms with Crippen LogP contribution in [0.25, 0.3) is 0 Å². The van der Waals surface area contributed by atoms with E-state index in [2.05, 4.69) is 4.74 Å². The topological polar surface area (TPSA) is 90.0 Å². The second kappa shape index (κ2) is 8.84. The predicted molar refractivity (Wildman–Crippen MR) is 95.5 cm³/mol. The highest BCUT2D eigenvalue weighted by Crippen LogP contribution is 2.20. The Morgan fingerprint density at radius 2 is 1.96 bits per heavy atom. The molecule has 1 aromatic carbocycles. The van der Waals surface area contributed by atoms with Gasteiger partial charge in [-0.3, -0.25) is 4.79 Å². The van der Waals surface area contributed by atoms with E-state index in [1.807, 2.05) is 6.92 Å². The monoisotopic (exact) mass is 381 g/mol. The van der Waals surface area contributed by atoms with Crippen molar-refractivity contribution in [2.45, 2.75) is 30.7 Å². The Hall–Kier alpha value is -2.35. The van der Waals surface area contributed by atoms with Crippen LogP contribution in [0.2, 0.25) is 0 Å². The highest BCUT2D eigenvalue weighted by molar-refractivity contribution is 7.92. The zero-order chi connectivity index (χ0) is 19.2. The lowest BCUT2D eigenvalue weighted by atomic mass is 10.2. The van der Waals surface area contributed by atoms with Gasteiger partial charge in [0.1, 0.15) is 12.4 Å². The Labute approximate surface area is 153 Å². The SMILES string of the molecule is COC(=O)OC/C=C/[C@@H]1CCCN1C(=O)CS(=O)(=O)c1ccc(C)cc1. The average molecular weight is 381 g/mol. The van der Waals surface area contributed by atoms with E-state index < -0.39 is 27.7 Å². The summed E-state index contributed by atoms with van der Waals surface area (Å²) in [7, 11) is -2.46. The number of amides is 1. The first kappa shape index (κ1) is 20.0. The molecule has 26 heavy (non-hydrogen) atoms. The summed E-state index contributed by atoms with van der Waals surface area (Å²) < 4.78 is 34.0. The van der Waals surface area contributed by atoms with Crippen molar-refractivity contribution >= 4 is 21.9 Å². The number of likely N-dealkylation sites (tertiary alicyclic amines) is 1. The molecule has 1 atom stereocenters. The van der Waals surface area contributed by atoms with Crippen molar-refractivity contribution in [3.8, 4) is 0 Å². The standard InChI is InChI=1S/C18H23NO6S/c1-14-7-9-16(10-8-14)26(22,23)13-17(20)19-11-3-5-15(19)6-4-12-25-18(21)24-2/h4,6-10,15H,3,5,11-13H2,1-2H3/b6-4+/t15-/m0/s1. The number of hydrogen-bond acceptors (Lipinski definition) is 6. The number of ether oxygens (including phenoxy) is 2. The molecule has 1 fully saturated rings. The molecule has 2 rings (SSSR count). The maximum Gasteiger partial charge on any atom is 0.508 e. The maximum absolute atomic E-state index is 12.5. The molecule has 142 valence electrons. The van der Waals surface area contributed by atoms with Crippen LogP contribution in [0.1, 0.15) is 18.4 Å². The van der Waals surface area contributed by atoms with E-state index in [-0.39, 0.29) is 17.5 Å². The van der Waals surface area contributed by atoms with E-state index in [0.29, 0.717) is 6.54 Å². The van der Waals surface area contributed by atoms with Crippen molar-refractivity contribution in [2.24, 2.45) is 0 Å². The molecule has 0 bridgehead atoms. The number of methoxy groups -OCH3 is 1. The Balaban J connectivity index is 1.98. The largest absolute Gasteiger partial charge is 0.508 e. The molecule has 0 aromatic heterocycles. The van der Waals surface area contributed by atoms with E-state index in [9.17, 15) is 18.0 Å². The lowest BCUT2D eigenvalue weighted by molar-refractivity contribution is -0.128. The Kier molecular flexibility index (Phi) is 6.79. The van der Waals surface area contributed by atoms with Gasteiger partial charge >= 0.3 is 6.16 Å². The molecule has 1 aliphatic heterocycles. The lowest BCUT2D eigenvalue weighted by Crippen LogP contribution is -2.38. The molecule has 1 amide bonds. The van der Waals surface area contributed by atoms with Crippen LogP contribution in [0.4, 0.5) is 4.79 Å². The summed E-state index contributed by atoms with van der Waals surface area (Å²) in [6.45, 7) is 2.41. The molecule has 8 heteroatoms. The fraction of sp³-hybridized carbons (Fsp3) is 0.444. The zero-order valence-corrected chi connectivity index (χ0v) is 15.7. The number of nitrogens with zero attached hydrogens (tertiary/aromatic N) is 1. The van der Waals surface area contributed by atoms with E-state index in [0.717, 1.165) is 18.4 Å². The van der Waals surface area contributed by atoms with Crippen LogP contribution < -0.4 is 0 Å². The molecule has 1 aromatic rings. The quantitative estimate of drug-likeness (QED) is 0.554. The third-order valence-electron chi connectivity index (χ3n) is 4.14. The summed E-state index contributed by atoms with van der Waals surface area (Å²) in [5.41, 5.74) is 0.953. The van der Waals surface area contributed by atoms with Gasteiger partial charge in [0.15, 0.2) is 9.84 Å². The normalized spacial score (nSPS) is 17.5. The minimum absolute atomic E-state index is 0.0346. The predicted octanol–water partition coefficient (Wildman–Crippen LogP) is 2.10. The molecule has 0 spiro atoms. The van der Waals surface area contributed by atoms with Gasteiger partial charge in [-0.15, -0.1) is 0 Å². The van der Waals surface area contributed by atoms with Crippen molar-refractivity contribution < 1.29 is 27.5 Å². The number of rotatable bonds is 6. The van der Waals surface area contributed by atoms with Crippen LogP contribution in [-0.4, -0.2) is 57.4 Å². The van der Waals surface area contributed by atoms with Gasteiger partial charge in [0.25, 0.3) is 0 Å². The molecule has 0 saturated carbocycles. The molecule has 1 heterocycles. The fourth-order valence-electron chi connectivity index (χ4n) is 2.76. The number of carbonyl (C=O) groups is 2. The summed E-state index contributed by atoms with van der Waals surface area (Å²) >= 11 is 0. The van der Waals surface area contributed by atoms with Gasteiger partial charge in [0.2, 0.25) is 5.91 Å². The van der Waals surface area contributed by atoms with Crippen LogP contribution in [-0.2, 0) is 24.1 Å². The summed E-state index contributed by atoms with van der Waals surface area (Å²) in [6, 6.07) is 6.25. The zero-order valence-electron chi connectivity index (χ0n) is 14.9. The smallest absolute Gasteiger partial charge is 0.438 e.